The van der Waals surface area contributed by atoms with Crippen LogP contribution in [0.2, 0.25) is 0 Å². The number of sulfonamides is 1. The summed E-state index contributed by atoms with van der Waals surface area (Å²) in [5.74, 6) is -0.339. The standard InChI is InChI=1S/C20H26N4O5S2/c1-29-16-9-11-17(12-10-16)31(27,28)24-18(19(25)23-26)8-5-13-21-20(30)22-14-15-6-3-2-4-7-15/h2-4,6-7,9-12,18,24,26H,5,8,13-14H2,1H3,(H,23,25)(H2,21,22,30)/t18-/m1/s1. The number of carbonyl (C=O) groups excluding carboxylic acids is 1. The number of nitrogens with one attached hydrogen (secondary N) is 4. The fourth-order valence-corrected chi connectivity index (χ4v) is 4.08. The van der Waals surface area contributed by atoms with Gasteiger partial charge in [0.25, 0.3) is 5.91 Å². The van der Waals surface area contributed by atoms with Crippen LogP contribution in [-0.2, 0) is 21.4 Å². The van der Waals surface area contributed by atoms with Crippen molar-refractivity contribution in [3.05, 3.63) is 60.2 Å². The first kappa shape index (κ1) is 24.5. The summed E-state index contributed by atoms with van der Waals surface area (Å²) in [5.41, 5.74) is 2.58. The van der Waals surface area contributed by atoms with Crippen molar-refractivity contribution in [1.82, 2.24) is 20.8 Å². The quantitative estimate of drug-likeness (QED) is 0.145. The van der Waals surface area contributed by atoms with Gasteiger partial charge < -0.3 is 15.4 Å². The van der Waals surface area contributed by atoms with E-state index in [1.807, 2.05) is 30.3 Å². The summed E-state index contributed by atoms with van der Waals surface area (Å²) in [6.07, 6.45) is 0.576. The predicted octanol–water partition coefficient (Wildman–Crippen LogP) is 1.29. The molecular formula is C20H26N4O5S2. The van der Waals surface area contributed by atoms with E-state index < -0.39 is 22.0 Å². The molecule has 1 amide bonds. The molecule has 0 aromatic heterocycles. The van der Waals surface area contributed by atoms with Gasteiger partial charge >= 0.3 is 0 Å². The molecule has 2 rings (SSSR count). The highest BCUT2D eigenvalue weighted by molar-refractivity contribution is 7.89. The van der Waals surface area contributed by atoms with E-state index in [9.17, 15) is 13.2 Å². The largest absolute Gasteiger partial charge is 0.497 e. The minimum absolute atomic E-state index is 0.0199. The molecule has 0 saturated carbocycles. The molecule has 0 fully saturated rings. The van der Waals surface area contributed by atoms with Crippen LogP contribution in [0.5, 0.6) is 5.75 Å². The van der Waals surface area contributed by atoms with Gasteiger partial charge in [-0.25, -0.2) is 13.9 Å². The smallest absolute Gasteiger partial charge is 0.261 e. The number of benzene rings is 2. The van der Waals surface area contributed by atoms with E-state index in [-0.39, 0.29) is 11.3 Å². The van der Waals surface area contributed by atoms with E-state index in [0.717, 1.165) is 5.56 Å². The average Bonchev–Trinajstić information content (AvgIpc) is 2.79. The minimum atomic E-state index is -3.97. The Bertz CT molecular complexity index is 953. The summed E-state index contributed by atoms with van der Waals surface area (Å²) < 4.78 is 32.5. The first-order valence-electron chi connectivity index (χ1n) is 9.51. The lowest BCUT2D eigenvalue weighted by atomic mass is 10.1. The molecule has 0 spiro atoms. The van der Waals surface area contributed by atoms with Gasteiger partial charge in [0.1, 0.15) is 11.8 Å². The molecule has 2 aromatic rings. The number of hydrogen-bond acceptors (Lipinski definition) is 6. The predicted molar refractivity (Wildman–Crippen MR) is 120 cm³/mol. The van der Waals surface area contributed by atoms with Crippen molar-refractivity contribution in [1.29, 1.82) is 0 Å². The monoisotopic (exact) mass is 466 g/mol. The molecule has 2 aromatic carbocycles. The van der Waals surface area contributed by atoms with Gasteiger partial charge in [-0.2, -0.15) is 4.72 Å². The maximum Gasteiger partial charge on any atom is 0.261 e. The van der Waals surface area contributed by atoms with Crippen molar-refractivity contribution >= 4 is 33.3 Å². The first-order chi connectivity index (χ1) is 14.9. The fourth-order valence-electron chi connectivity index (χ4n) is 2.68. The van der Waals surface area contributed by atoms with Gasteiger partial charge in [0.15, 0.2) is 5.11 Å². The number of rotatable bonds is 11. The van der Waals surface area contributed by atoms with Crippen molar-refractivity contribution in [2.75, 3.05) is 13.7 Å². The number of carbonyl (C=O) groups is 1. The summed E-state index contributed by atoms with van der Waals surface area (Å²) >= 11 is 5.22. The summed E-state index contributed by atoms with van der Waals surface area (Å²) in [4.78, 5) is 11.9. The lowest BCUT2D eigenvalue weighted by molar-refractivity contribution is -0.131. The molecular weight excluding hydrogens is 440 g/mol. The minimum Gasteiger partial charge on any atom is -0.497 e. The second kappa shape index (κ2) is 12.2. The second-order valence-corrected chi connectivity index (χ2v) is 8.68. The Morgan fingerprint density at radius 3 is 2.39 bits per heavy atom. The van der Waals surface area contributed by atoms with Gasteiger partial charge in [0, 0.05) is 13.1 Å². The Labute approximate surface area is 187 Å². The van der Waals surface area contributed by atoms with Crippen LogP contribution in [-0.4, -0.2) is 44.3 Å². The summed E-state index contributed by atoms with van der Waals surface area (Å²) in [6, 6.07) is 14.4. The molecule has 0 aliphatic heterocycles. The highest BCUT2D eigenvalue weighted by Gasteiger charge is 2.25. The highest BCUT2D eigenvalue weighted by Crippen LogP contribution is 2.16. The van der Waals surface area contributed by atoms with E-state index in [4.69, 9.17) is 22.2 Å². The third kappa shape index (κ3) is 8.13. The molecule has 0 unspecified atom stereocenters. The van der Waals surface area contributed by atoms with Crippen molar-refractivity contribution < 1.29 is 23.2 Å². The first-order valence-corrected chi connectivity index (χ1v) is 11.4. The average molecular weight is 467 g/mol. The molecule has 0 heterocycles. The second-order valence-electron chi connectivity index (χ2n) is 6.56. The number of thiocarbonyl (C=S) groups is 1. The number of methoxy groups -OCH3 is 1. The Morgan fingerprint density at radius 1 is 1.10 bits per heavy atom. The van der Waals surface area contributed by atoms with Crippen LogP contribution in [0.25, 0.3) is 0 Å². The van der Waals surface area contributed by atoms with Gasteiger partial charge in [-0.15, -0.1) is 0 Å². The molecule has 0 radical (unpaired) electrons. The number of hydrogen-bond donors (Lipinski definition) is 5. The van der Waals surface area contributed by atoms with E-state index >= 15 is 0 Å². The third-order valence-corrected chi connectivity index (χ3v) is 6.12. The molecule has 5 N–H and O–H groups in total. The molecule has 9 nitrogen and oxygen atoms in total. The van der Waals surface area contributed by atoms with Crippen LogP contribution in [0.1, 0.15) is 18.4 Å². The molecule has 0 saturated heterocycles. The Balaban J connectivity index is 1.84. The molecule has 11 heteroatoms. The van der Waals surface area contributed by atoms with Crippen LogP contribution in [0.3, 0.4) is 0 Å². The van der Waals surface area contributed by atoms with Gasteiger partial charge in [-0.05, 0) is 54.9 Å². The Hall–Kier alpha value is -2.73. The third-order valence-electron chi connectivity index (χ3n) is 4.34. The van der Waals surface area contributed by atoms with Gasteiger partial charge in [0.05, 0.1) is 12.0 Å². The maximum atomic E-state index is 12.6. The molecule has 31 heavy (non-hydrogen) atoms. The lowest BCUT2D eigenvalue weighted by Gasteiger charge is -2.17. The number of ether oxygens (including phenoxy) is 1. The van der Waals surface area contributed by atoms with E-state index in [1.165, 1.54) is 36.9 Å². The van der Waals surface area contributed by atoms with Crippen molar-refractivity contribution in [3.8, 4) is 5.75 Å². The molecule has 0 aliphatic rings. The van der Waals surface area contributed by atoms with Gasteiger partial charge in [-0.3, -0.25) is 10.0 Å². The van der Waals surface area contributed by atoms with E-state index in [1.54, 1.807) is 0 Å². The van der Waals surface area contributed by atoms with Crippen molar-refractivity contribution in [2.45, 2.75) is 30.3 Å². The van der Waals surface area contributed by atoms with Crippen LogP contribution >= 0.6 is 12.2 Å². The highest BCUT2D eigenvalue weighted by atomic mass is 32.2. The number of hydroxylamine groups is 1. The Kier molecular flexibility index (Phi) is 9.66. The van der Waals surface area contributed by atoms with Gasteiger partial charge in [0.2, 0.25) is 10.0 Å². The van der Waals surface area contributed by atoms with Crippen LogP contribution in [0.15, 0.2) is 59.5 Å². The van der Waals surface area contributed by atoms with Crippen molar-refractivity contribution in [2.24, 2.45) is 0 Å². The van der Waals surface area contributed by atoms with Crippen LogP contribution < -0.4 is 25.6 Å². The maximum absolute atomic E-state index is 12.6. The zero-order valence-electron chi connectivity index (χ0n) is 17.0. The fraction of sp³-hybridized carbons (Fsp3) is 0.300. The summed E-state index contributed by atoms with van der Waals surface area (Å²) in [6.45, 7) is 0.990. The van der Waals surface area contributed by atoms with Crippen molar-refractivity contribution in [3.63, 3.8) is 0 Å². The normalized spacial score (nSPS) is 11.9. The zero-order chi connectivity index (χ0) is 22.7. The zero-order valence-corrected chi connectivity index (χ0v) is 18.6. The SMILES string of the molecule is COc1ccc(S(=O)(=O)N[C@H](CCCNC(=S)NCc2ccccc2)C(=O)NO)cc1. The van der Waals surface area contributed by atoms with E-state index in [2.05, 4.69) is 15.4 Å². The van der Waals surface area contributed by atoms with E-state index in [0.29, 0.717) is 30.4 Å². The topological polar surface area (TPSA) is 129 Å². The molecule has 0 bridgehead atoms. The van der Waals surface area contributed by atoms with Crippen LogP contribution in [0, 0.1) is 0 Å². The van der Waals surface area contributed by atoms with Crippen LogP contribution in [0.4, 0.5) is 0 Å². The summed E-state index contributed by atoms with van der Waals surface area (Å²) in [5, 5.41) is 15.5. The molecule has 168 valence electrons. The molecule has 0 aliphatic carbocycles. The number of amides is 1. The lowest BCUT2D eigenvalue weighted by Crippen LogP contribution is -2.46. The molecule has 1 atom stereocenters. The Morgan fingerprint density at radius 2 is 1.77 bits per heavy atom. The van der Waals surface area contributed by atoms with Gasteiger partial charge in [-0.1, -0.05) is 30.3 Å². The summed E-state index contributed by atoms with van der Waals surface area (Å²) in [7, 11) is -2.50.